The number of aromatic carboxylic acids is 1. The second-order valence-electron chi connectivity index (χ2n) is 4.48. The van der Waals surface area contributed by atoms with E-state index >= 15 is 0 Å². The first-order chi connectivity index (χ1) is 8.25. The van der Waals surface area contributed by atoms with Gasteiger partial charge in [-0.05, 0) is 24.5 Å². The van der Waals surface area contributed by atoms with Gasteiger partial charge in [-0.2, -0.15) is 0 Å². The molecule has 0 radical (unpaired) electrons. The molecule has 0 aromatic heterocycles. The van der Waals surface area contributed by atoms with Gasteiger partial charge in [-0.15, -0.1) is 0 Å². The van der Waals surface area contributed by atoms with Crippen molar-refractivity contribution >= 4 is 35.5 Å². The van der Waals surface area contributed by atoms with Gasteiger partial charge < -0.3 is 5.11 Å². The molecule has 0 fully saturated rings. The molecule has 2 nitrogen and oxygen atoms in total. The summed E-state index contributed by atoms with van der Waals surface area (Å²) in [7, 11) is 0. The Hall–Kier alpha value is -0.310. The second-order valence-corrected chi connectivity index (χ2v) is 4.48. The SMILES string of the molecule is CCCCCCCCc1ccccc1C(=O)O.[NaH]. The van der Waals surface area contributed by atoms with E-state index in [0.717, 1.165) is 18.4 Å². The van der Waals surface area contributed by atoms with E-state index in [0.29, 0.717) is 5.56 Å². The number of carboxylic acid groups (broad SMARTS) is 1. The molecule has 1 rings (SSSR count). The summed E-state index contributed by atoms with van der Waals surface area (Å²) in [5, 5.41) is 9.04. The van der Waals surface area contributed by atoms with Gasteiger partial charge in [-0.3, -0.25) is 0 Å². The Bertz CT molecular complexity index is 350. The molecule has 1 N–H and O–H groups in total. The van der Waals surface area contributed by atoms with Gasteiger partial charge >= 0.3 is 35.5 Å². The number of hydrogen-bond donors (Lipinski definition) is 1. The van der Waals surface area contributed by atoms with Gasteiger partial charge in [-0.25, -0.2) is 4.79 Å². The molecule has 3 heteroatoms. The molecule has 0 aliphatic heterocycles. The molecule has 0 saturated carbocycles. The summed E-state index contributed by atoms with van der Waals surface area (Å²) in [6.07, 6.45) is 8.32. The van der Waals surface area contributed by atoms with Crippen molar-refractivity contribution in [3.05, 3.63) is 35.4 Å². The Kier molecular flexibility index (Phi) is 10.4. The van der Waals surface area contributed by atoms with Crippen LogP contribution in [0.3, 0.4) is 0 Å². The molecule has 0 aliphatic rings. The number of rotatable bonds is 8. The van der Waals surface area contributed by atoms with Crippen molar-refractivity contribution in [3.63, 3.8) is 0 Å². The molecule has 96 valence electrons. The first-order valence-corrected chi connectivity index (χ1v) is 6.57. The molecule has 0 unspecified atom stereocenters. The van der Waals surface area contributed by atoms with Crippen molar-refractivity contribution in [1.29, 1.82) is 0 Å². The summed E-state index contributed by atoms with van der Waals surface area (Å²) in [6.45, 7) is 2.21. The van der Waals surface area contributed by atoms with Crippen LogP contribution in [0, 0.1) is 0 Å². The fraction of sp³-hybridized carbons (Fsp3) is 0.533. The molecule has 0 spiro atoms. The van der Waals surface area contributed by atoms with Crippen LogP contribution < -0.4 is 0 Å². The maximum absolute atomic E-state index is 11.0. The van der Waals surface area contributed by atoms with E-state index in [9.17, 15) is 4.79 Å². The molecule has 1 aromatic carbocycles. The Morgan fingerprint density at radius 3 is 2.33 bits per heavy atom. The molecular weight excluding hydrogens is 235 g/mol. The average Bonchev–Trinajstić information content (AvgIpc) is 2.34. The van der Waals surface area contributed by atoms with Gasteiger partial charge in [0.15, 0.2) is 0 Å². The van der Waals surface area contributed by atoms with Crippen molar-refractivity contribution in [1.82, 2.24) is 0 Å². The minimum absolute atomic E-state index is 0. The Balaban J connectivity index is 0.00000289. The van der Waals surface area contributed by atoms with Gasteiger partial charge in [0.1, 0.15) is 0 Å². The summed E-state index contributed by atoms with van der Waals surface area (Å²) in [4.78, 5) is 11.0. The predicted octanol–water partition coefficient (Wildman–Crippen LogP) is 3.64. The normalized spacial score (nSPS) is 9.83. The molecule has 0 aliphatic carbocycles. The topological polar surface area (TPSA) is 37.3 Å². The van der Waals surface area contributed by atoms with Crippen molar-refractivity contribution in [3.8, 4) is 0 Å². The number of carbonyl (C=O) groups is 1. The van der Waals surface area contributed by atoms with Gasteiger partial charge in [-0.1, -0.05) is 57.2 Å². The van der Waals surface area contributed by atoms with E-state index < -0.39 is 5.97 Å². The van der Waals surface area contributed by atoms with Crippen LogP contribution in [0.1, 0.15) is 61.4 Å². The quantitative estimate of drug-likeness (QED) is 0.571. The van der Waals surface area contributed by atoms with Gasteiger partial charge in [0, 0.05) is 0 Å². The van der Waals surface area contributed by atoms with Crippen molar-refractivity contribution < 1.29 is 9.90 Å². The van der Waals surface area contributed by atoms with Crippen molar-refractivity contribution in [2.24, 2.45) is 0 Å². The summed E-state index contributed by atoms with van der Waals surface area (Å²) in [6, 6.07) is 7.32. The van der Waals surface area contributed by atoms with Crippen molar-refractivity contribution in [2.75, 3.05) is 0 Å². The van der Waals surface area contributed by atoms with Crippen molar-refractivity contribution in [2.45, 2.75) is 51.9 Å². The summed E-state index contributed by atoms with van der Waals surface area (Å²) < 4.78 is 0. The molecule has 0 saturated heterocycles. The predicted molar refractivity (Wildman–Crippen MR) is 77.6 cm³/mol. The van der Waals surface area contributed by atoms with Crippen LogP contribution in [0.5, 0.6) is 0 Å². The van der Waals surface area contributed by atoms with E-state index in [1.54, 1.807) is 12.1 Å². The van der Waals surface area contributed by atoms with E-state index in [1.165, 1.54) is 32.1 Å². The first kappa shape index (κ1) is 17.7. The number of unbranched alkanes of at least 4 members (excludes halogenated alkanes) is 5. The first-order valence-electron chi connectivity index (χ1n) is 6.57. The second kappa shape index (κ2) is 10.6. The molecule has 0 bridgehead atoms. The zero-order valence-electron chi connectivity index (χ0n) is 10.6. The average molecular weight is 258 g/mol. The van der Waals surface area contributed by atoms with Crippen LogP contribution in [0.15, 0.2) is 24.3 Å². The van der Waals surface area contributed by atoms with Crippen LogP contribution in [0.2, 0.25) is 0 Å². The summed E-state index contributed by atoms with van der Waals surface area (Å²) >= 11 is 0. The van der Waals surface area contributed by atoms with Crippen LogP contribution in [0.25, 0.3) is 0 Å². The molecule has 0 atom stereocenters. The van der Waals surface area contributed by atoms with Gasteiger partial charge in [0.25, 0.3) is 0 Å². The minimum atomic E-state index is -0.813. The molecule has 0 heterocycles. The third-order valence-corrected chi connectivity index (χ3v) is 3.05. The number of hydrogen-bond acceptors (Lipinski definition) is 1. The van der Waals surface area contributed by atoms with E-state index in [2.05, 4.69) is 6.92 Å². The zero-order chi connectivity index (χ0) is 12.5. The van der Waals surface area contributed by atoms with E-state index in [4.69, 9.17) is 5.11 Å². The summed E-state index contributed by atoms with van der Waals surface area (Å²) in [5.74, 6) is -0.813. The third kappa shape index (κ3) is 6.58. The Morgan fingerprint density at radius 2 is 1.67 bits per heavy atom. The number of benzene rings is 1. The number of carboxylic acids is 1. The van der Waals surface area contributed by atoms with E-state index in [-0.39, 0.29) is 29.6 Å². The van der Waals surface area contributed by atoms with E-state index in [1.807, 2.05) is 12.1 Å². The Labute approximate surface area is 132 Å². The molecule has 18 heavy (non-hydrogen) atoms. The fourth-order valence-electron chi connectivity index (χ4n) is 2.04. The Morgan fingerprint density at radius 1 is 1.06 bits per heavy atom. The van der Waals surface area contributed by atoms with Crippen LogP contribution >= 0.6 is 0 Å². The van der Waals surface area contributed by atoms with Gasteiger partial charge in [0.05, 0.1) is 5.56 Å². The van der Waals surface area contributed by atoms with Gasteiger partial charge in [0.2, 0.25) is 0 Å². The third-order valence-electron chi connectivity index (χ3n) is 3.05. The summed E-state index contributed by atoms with van der Waals surface area (Å²) in [5.41, 5.74) is 1.43. The monoisotopic (exact) mass is 258 g/mol. The maximum atomic E-state index is 11.0. The molecule has 0 amide bonds. The van der Waals surface area contributed by atoms with Crippen LogP contribution in [-0.2, 0) is 6.42 Å². The van der Waals surface area contributed by atoms with Crippen LogP contribution in [-0.4, -0.2) is 40.6 Å². The zero-order valence-corrected chi connectivity index (χ0v) is 10.6. The number of aryl methyl sites for hydroxylation is 1. The fourth-order valence-corrected chi connectivity index (χ4v) is 2.04. The van der Waals surface area contributed by atoms with Crippen LogP contribution in [0.4, 0.5) is 0 Å². The standard InChI is InChI=1S/C15H22O2.Na.H/c1-2-3-4-5-6-7-10-13-11-8-9-12-14(13)15(16)17;;/h8-9,11-12H,2-7,10H2,1H3,(H,16,17);;. The molecular formula is C15H23NaO2. The molecule has 1 aromatic rings.